The van der Waals surface area contributed by atoms with Gasteiger partial charge in [-0.2, -0.15) is 0 Å². The Labute approximate surface area is 107 Å². The molecule has 0 aliphatic rings. The summed E-state index contributed by atoms with van der Waals surface area (Å²) in [6.07, 6.45) is 6.17. The molecule has 1 aromatic carbocycles. The van der Waals surface area contributed by atoms with Gasteiger partial charge in [-0.3, -0.25) is 0 Å². The number of benzene rings is 1. The van der Waals surface area contributed by atoms with E-state index >= 15 is 0 Å². The predicted octanol–water partition coefficient (Wildman–Crippen LogP) is 2.62. The number of hydrogen-bond acceptors (Lipinski definition) is 3. The minimum atomic E-state index is 0.741. The SMILES string of the molecule is C=CCCCCc1nnnn1Cc1ccccc1. The van der Waals surface area contributed by atoms with E-state index in [1.165, 1.54) is 5.56 Å². The zero-order chi connectivity index (χ0) is 12.6. The molecule has 0 spiro atoms. The molecule has 4 heteroatoms. The van der Waals surface area contributed by atoms with Crippen molar-refractivity contribution in [1.82, 2.24) is 20.2 Å². The second kappa shape index (κ2) is 6.69. The van der Waals surface area contributed by atoms with E-state index in [4.69, 9.17) is 0 Å². The fraction of sp³-hybridized carbons (Fsp3) is 0.357. The maximum atomic E-state index is 4.09. The second-order valence-corrected chi connectivity index (χ2v) is 4.27. The van der Waals surface area contributed by atoms with Gasteiger partial charge in [0.15, 0.2) is 5.82 Å². The Kier molecular flexibility index (Phi) is 4.64. The highest BCUT2D eigenvalue weighted by molar-refractivity contribution is 5.14. The van der Waals surface area contributed by atoms with Crippen molar-refractivity contribution in [3.05, 3.63) is 54.4 Å². The lowest BCUT2D eigenvalue weighted by atomic mass is 10.2. The highest BCUT2D eigenvalue weighted by atomic mass is 15.5. The normalized spacial score (nSPS) is 10.4. The molecule has 0 atom stereocenters. The van der Waals surface area contributed by atoms with Gasteiger partial charge in [0.1, 0.15) is 0 Å². The molecular weight excluding hydrogens is 224 g/mol. The van der Waals surface area contributed by atoms with E-state index in [9.17, 15) is 0 Å². The molecule has 1 aromatic heterocycles. The Bertz CT molecular complexity index is 476. The molecule has 0 unspecified atom stereocenters. The minimum absolute atomic E-state index is 0.741. The van der Waals surface area contributed by atoms with Crippen LogP contribution in [-0.2, 0) is 13.0 Å². The first kappa shape index (κ1) is 12.5. The quantitative estimate of drug-likeness (QED) is 0.553. The van der Waals surface area contributed by atoms with Crippen molar-refractivity contribution in [2.45, 2.75) is 32.2 Å². The molecule has 4 nitrogen and oxygen atoms in total. The van der Waals surface area contributed by atoms with Crippen LogP contribution in [0.1, 0.15) is 30.7 Å². The van der Waals surface area contributed by atoms with Gasteiger partial charge in [-0.1, -0.05) is 36.4 Å². The minimum Gasteiger partial charge on any atom is -0.225 e. The number of nitrogens with zero attached hydrogens (tertiary/aromatic N) is 4. The van der Waals surface area contributed by atoms with Gasteiger partial charge in [0.05, 0.1) is 6.54 Å². The van der Waals surface area contributed by atoms with Crippen molar-refractivity contribution in [1.29, 1.82) is 0 Å². The van der Waals surface area contributed by atoms with E-state index in [0.29, 0.717) is 0 Å². The first-order valence-corrected chi connectivity index (χ1v) is 6.30. The summed E-state index contributed by atoms with van der Waals surface area (Å²) < 4.78 is 1.88. The average molecular weight is 242 g/mol. The molecule has 1 heterocycles. The molecule has 0 saturated heterocycles. The van der Waals surface area contributed by atoms with Gasteiger partial charge in [0.25, 0.3) is 0 Å². The highest BCUT2D eigenvalue weighted by Crippen LogP contribution is 2.06. The Hall–Kier alpha value is -1.97. The number of hydrogen-bond donors (Lipinski definition) is 0. The Morgan fingerprint density at radius 1 is 1.17 bits per heavy atom. The number of aromatic nitrogens is 4. The maximum Gasteiger partial charge on any atom is 0.151 e. The van der Waals surface area contributed by atoms with Crippen LogP contribution in [0.2, 0.25) is 0 Å². The monoisotopic (exact) mass is 242 g/mol. The van der Waals surface area contributed by atoms with Crippen molar-refractivity contribution < 1.29 is 0 Å². The van der Waals surface area contributed by atoms with Crippen LogP contribution in [0, 0.1) is 0 Å². The third kappa shape index (κ3) is 3.52. The lowest BCUT2D eigenvalue weighted by molar-refractivity contribution is 0.601. The summed E-state index contributed by atoms with van der Waals surface area (Å²) >= 11 is 0. The van der Waals surface area contributed by atoms with E-state index in [0.717, 1.165) is 38.1 Å². The van der Waals surface area contributed by atoms with Crippen LogP contribution in [0.25, 0.3) is 0 Å². The molecule has 0 N–H and O–H groups in total. The predicted molar refractivity (Wildman–Crippen MR) is 71.1 cm³/mol. The molecule has 0 fully saturated rings. The molecule has 0 bridgehead atoms. The fourth-order valence-corrected chi connectivity index (χ4v) is 1.85. The lowest BCUT2D eigenvalue weighted by Crippen LogP contribution is -2.07. The molecule has 94 valence electrons. The van der Waals surface area contributed by atoms with Crippen LogP contribution in [0.5, 0.6) is 0 Å². The fourth-order valence-electron chi connectivity index (χ4n) is 1.85. The molecule has 2 rings (SSSR count). The van der Waals surface area contributed by atoms with Crippen LogP contribution in [0.3, 0.4) is 0 Å². The van der Waals surface area contributed by atoms with Gasteiger partial charge < -0.3 is 0 Å². The second-order valence-electron chi connectivity index (χ2n) is 4.27. The zero-order valence-electron chi connectivity index (χ0n) is 10.5. The van der Waals surface area contributed by atoms with Crippen LogP contribution < -0.4 is 0 Å². The Morgan fingerprint density at radius 3 is 2.78 bits per heavy atom. The maximum absolute atomic E-state index is 4.09. The van der Waals surface area contributed by atoms with E-state index < -0.39 is 0 Å². The summed E-state index contributed by atoms with van der Waals surface area (Å²) in [6, 6.07) is 10.2. The third-order valence-corrected chi connectivity index (χ3v) is 2.84. The summed E-state index contributed by atoms with van der Waals surface area (Å²) in [6.45, 7) is 4.46. The summed E-state index contributed by atoms with van der Waals surface area (Å²) in [5, 5.41) is 11.9. The van der Waals surface area contributed by atoms with Crippen LogP contribution in [0.4, 0.5) is 0 Å². The first-order chi connectivity index (χ1) is 8.90. The summed E-state index contributed by atoms with van der Waals surface area (Å²) in [7, 11) is 0. The molecule has 18 heavy (non-hydrogen) atoms. The number of rotatable bonds is 7. The van der Waals surface area contributed by atoms with E-state index in [1.807, 2.05) is 29.0 Å². The van der Waals surface area contributed by atoms with Crippen molar-refractivity contribution in [2.24, 2.45) is 0 Å². The molecule has 0 aliphatic heterocycles. The molecule has 0 amide bonds. The van der Waals surface area contributed by atoms with Gasteiger partial charge in [-0.15, -0.1) is 11.7 Å². The van der Waals surface area contributed by atoms with Gasteiger partial charge in [-0.05, 0) is 35.3 Å². The third-order valence-electron chi connectivity index (χ3n) is 2.84. The van der Waals surface area contributed by atoms with Gasteiger partial charge in [-0.25, -0.2) is 4.68 Å². The van der Waals surface area contributed by atoms with E-state index in [-0.39, 0.29) is 0 Å². The van der Waals surface area contributed by atoms with Gasteiger partial charge in [0, 0.05) is 6.42 Å². The standard InChI is InChI=1S/C14H18N4/c1-2-3-4-8-11-14-15-16-17-18(14)12-13-9-6-5-7-10-13/h2,5-7,9-10H,1,3-4,8,11-12H2. The topological polar surface area (TPSA) is 43.6 Å². The van der Waals surface area contributed by atoms with Crippen molar-refractivity contribution >= 4 is 0 Å². The summed E-state index contributed by atoms with van der Waals surface area (Å²) in [4.78, 5) is 0. The van der Waals surface area contributed by atoms with Crippen LogP contribution >= 0.6 is 0 Å². The molecule has 2 aromatic rings. The lowest BCUT2D eigenvalue weighted by Gasteiger charge is -2.04. The first-order valence-electron chi connectivity index (χ1n) is 6.30. The van der Waals surface area contributed by atoms with E-state index in [2.05, 4.69) is 34.2 Å². The largest absolute Gasteiger partial charge is 0.225 e. The Balaban J connectivity index is 1.93. The average Bonchev–Trinajstić information content (AvgIpc) is 2.83. The Morgan fingerprint density at radius 2 is 2.00 bits per heavy atom. The van der Waals surface area contributed by atoms with Crippen LogP contribution in [-0.4, -0.2) is 20.2 Å². The number of tetrazole rings is 1. The van der Waals surface area contributed by atoms with Crippen molar-refractivity contribution in [3.8, 4) is 0 Å². The van der Waals surface area contributed by atoms with Gasteiger partial charge in [0.2, 0.25) is 0 Å². The van der Waals surface area contributed by atoms with E-state index in [1.54, 1.807) is 0 Å². The molecule has 0 saturated carbocycles. The molecule has 0 radical (unpaired) electrons. The van der Waals surface area contributed by atoms with Gasteiger partial charge >= 0.3 is 0 Å². The highest BCUT2D eigenvalue weighted by Gasteiger charge is 2.05. The molecule has 0 aliphatic carbocycles. The summed E-state index contributed by atoms with van der Waals surface area (Å²) in [5.41, 5.74) is 1.22. The zero-order valence-corrected chi connectivity index (χ0v) is 10.5. The van der Waals surface area contributed by atoms with Crippen LogP contribution in [0.15, 0.2) is 43.0 Å². The molecular formula is C14H18N4. The summed E-state index contributed by atoms with van der Waals surface area (Å²) in [5.74, 6) is 0.961. The number of unbranched alkanes of at least 4 members (excludes halogenated alkanes) is 2. The van der Waals surface area contributed by atoms with Crippen molar-refractivity contribution in [3.63, 3.8) is 0 Å². The number of aryl methyl sites for hydroxylation is 1. The number of allylic oxidation sites excluding steroid dienone is 1. The smallest absolute Gasteiger partial charge is 0.151 e. The van der Waals surface area contributed by atoms with Crippen molar-refractivity contribution in [2.75, 3.05) is 0 Å².